The second-order valence-electron chi connectivity index (χ2n) is 4.00. The highest BCUT2D eigenvalue weighted by Crippen LogP contribution is 2.15. The fourth-order valence-electron chi connectivity index (χ4n) is 1.56. The van der Waals surface area contributed by atoms with Gasteiger partial charge in [0.15, 0.2) is 0 Å². The smallest absolute Gasteiger partial charge is 0.243 e. The summed E-state index contributed by atoms with van der Waals surface area (Å²) in [5, 5.41) is 5.79. The van der Waals surface area contributed by atoms with E-state index in [0.29, 0.717) is 5.88 Å². The number of pyridine rings is 1. The Bertz CT molecular complexity index is 587. The molecule has 6 heteroatoms. The molecular weight excluding hydrogens is 322 g/mol. The average molecular weight is 336 g/mol. The summed E-state index contributed by atoms with van der Waals surface area (Å²) in [5.74, 6) is 0.410. The summed E-state index contributed by atoms with van der Waals surface area (Å²) >= 11 is 3.35. The summed E-state index contributed by atoms with van der Waals surface area (Å²) in [4.78, 5) is 15.8. The Kier molecular flexibility index (Phi) is 4.95. The Morgan fingerprint density at radius 3 is 2.80 bits per heavy atom. The molecule has 0 spiro atoms. The highest BCUT2D eigenvalue weighted by molar-refractivity contribution is 9.10. The zero-order valence-electron chi connectivity index (χ0n) is 10.9. The summed E-state index contributed by atoms with van der Waals surface area (Å²) < 4.78 is 5.88. The van der Waals surface area contributed by atoms with Crippen molar-refractivity contribution in [2.45, 2.75) is 0 Å². The Hall–Kier alpha value is -2.08. The summed E-state index contributed by atoms with van der Waals surface area (Å²) in [6, 6.07) is 11.0. The summed E-state index contributed by atoms with van der Waals surface area (Å²) in [6.07, 6.45) is 1.62. The van der Waals surface area contributed by atoms with Crippen molar-refractivity contribution in [3.8, 4) is 5.88 Å². The maximum absolute atomic E-state index is 11.8. The second kappa shape index (κ2) is 6.91. The van der Waals surface area contributed by atoms with E-state index in [0.717, 1.165) is 15.8 Å². The Morgan fingerprint density at radius 1 is 1.30 bits per heavy atom. The molecule has 0 bridgehead atoms. The van der Waals surface area contributed by atoms with Gasteiger partial charge < -0.3 is 15.4 Å². The molecule has 104 valence electrons. The molecule has 0 fully saturated rings. The number of halogens is 1. The van der Waals surface area contributed by atoms with Gasteiger partial charge in [-0.3, -0.25) is 4.79 Å². The lowest BCUT2D eigenvalue weighted by atomic mass is 10.3. The maximum atomic E-state index is 11.8. The first-order valence-electron chi connectivity index (χ1n) is 5.97. The summed E-state index contributed by atoms with van der Waals surface area (Å²) in [6.45, 7) is 0.167. The van der Waals surface area contributed by atoms with Crippen molar-refractivity contribution in [1.82, 2.24) is 4.98 Å². The number of anilines is 2. The van der Waals surface area contributed by atoms with Gasteiger partial charge in [-0.25, -0.2) is 4.98 Å². The van der Waals surface area contributed by atoms with Gasteiger partial charge in [0, 0.05) is 16.2 Å². The van der Waals surface area contributed by atoms with Crippen LogP contribution in [0.3, 0.4) is 0 Å². The average Bonchev–Trinajstić information content (AvgIpc) is 2.46. The van der Waals surface area contributed by atoms with E-state index in [-0.39, 0.29) is 12.5 Å². The topological polar surface area (TPSA) is 63.2 Å². The van der Waals surface area contributed by atoms with Gasteiger partial charge in [0.1, 0.15) is 0 Å². The van der Waals surface area contributed by atoms with Crippen molar-refractivity contribution in [2.75, 3.05) is 24.3 Å². The van der Waals surface area contributed by atoms with Gasteiger partial charge in [0.2, 0.25) is 11.8 Å². The van der Waals surface area contributed by atoms with Crippen molar-refractivity contribution in [3.63, 3.8) is 0 Å². The molecule has 5 nitrogen and oxygen atoms in total. The minimum Gasteiger partial charge on any atom is -0.481 e. The zero-order valence-corrected chi connectivity index (χ0v) is 12.5. The van der Waals surface area contributed by atoms with Gasteiger partial charge in [0.05, 0.1) is 25.5 Å². The molecule has 1 aromatic carbocycles. The number of rotatable bonds is 5. The number of ether oxygens (including phenoxy) is 1. The van der Waals surface area contributed by atoms with E-state index in [1.807, 2.05) is 24.3 Å². The lowest BCUT2D eigenvalue weighted by molar-refractivity contribution is -0.114. The monoisotopic (exact) mass is 335 g/mol. The van der Waals surface area contributed by atoms with E-state index < -0.39 is 0 Å². The lowest BCUT2D eigenvalue weighted by Gasteiger charge is -2.08. The highest BCUT2D eigenvalue weighted by Gasteiger charge is 2.03. The number of methoxy groups -OCH3 is 1. The van der Waals surface area contributed by atoms with Crippen molar-refractivity contribution in [2.24, 2.45) is 0 Å². The molecule has 0 saturated heterocycles. The molecule has 1 amide bonds. The zero-order chi connectivity index (χ0) is 14.4. The molecular formula is C14H14BrN3O2. The Balaban J connectivity index is 1.85. The van der Waals surface area contributed by atoms with Crippen molar-refractivity contribution < 1.29 is 9.53 Å². The number of nitrogens with zero attached hydrogens (tertiary/aromatic N) is 1. The van der Waals surface area contributed by atoms with Crippen LogP contribution in [0, 0.1) is 0 Å². The summed E-state index contributed by atoms with van der Waals surface area (Å²) in [7, 11) is 1.56. The lowest BCUT2D eigenvalue weighted by Crippen LogP contribution is -2.21. The predicted octanol–water partition coefficient (Wildman–Crippen LogP) is 2.90. The van der Waals surface area contributed by atoms with E-state index in [4.69, 9.17) is 4.74 Å². The number of aromatic nitrogens is 1. The number of amides is 1. The molecule has 0 saturated carbocycles. The highest BCUT2D eigenvalue weighted by atomic mass is 79.9. The molecule has 0 radical (unpaired) electrons. The number of benzene rings is 1. The first-order chi connectivity index (χ1) is 9.67. The van der Waals surface area contributed by atoms with Crippen LogP contribution < -0.4 is 15.4 Å². The number of nitrogens with one attached hydrogen (secondary N) is 2. The minimum atomic E-state index is -0.126. The Morgan fingerprint density at radius 2 is 2.15 bits per heavy atom. The third-order valence-electron chi connectivity index (χ3n) is 2.51. The normalized spacial score (nSPS) is 9.90. The fourth-order valence-corrected chi connectivity index (χ4v) is 1.96. The molecule has 20 heavy (non-hydrogen) atoms. The van der Waals surface area contributed by atoms with Crippen LogP contribution in [0.5, 0.6) is 5.88 Å². The quantitative estimate of drug-likeness (QED) is 0.881. The molecule has 2 N–H and O–H groups in total. The molecule has 0 atom stereocenters. The van der Waals surface area contributed by atoms with Crippen LogP contribution >= 0.6 is 15.9 Å². The molecule has 0 unspecified atom stereocenters. The van der Waals surface area contributed by atoms with Crippen LogP contribution in [0.1, 0.15) is 0 Å². The van der Waals surface area contributed by atoms with Gasteiger partial charge in [-0.2, -0.15) is 0 Å². The maximum Gasteiger partial charge on any atom is 0.243 e. The molecule has 0 aliphatic heterocycles. The molecule has 0 aliphatic rings. The van der Waals surface area contributed by atoms with Gasteiger partial charge in [0.25, 0.3) is 0 Å². The van der Waals surface area contributed by atoms with Crippen LogP contribution in [-0.4, -0.2) is 24.5 Å². The number of hydrogen-bond acceptors (Lipinski definition) is 4. The van der Waals surface area contributed by atoms with E-state index in [1.54, 1.807) is 25.4 Å². The molecule has 1 heterocycles. The third-order valence-corrected chi connectivity index (χ3v) is 3.00. The largest absolute Gasteiger partial charge is 0.481 e. The van der Waals surface area contributed by atoms with Crippen LogP contribution in [0.2, 0.25) is 0 Å². The first-order valence-corrected chi connectivity index (χ1v) is 6.76. The van der Waals surface area contributed by atoms with Crippen molar-refractivity contribution in [1.29, 1.82) is 0 Å². The van der Waals surface area contributed by atoms with Gasteiger partial charge >= 0.3 is 0 Å². The minimum absolute atomic E-state index is 0.126. The SMILES string of the molecule is COc1ccc(NCC(=O)Nc2cccc(Br)c2)cn1. The van der Waals surface area contributed by atoms with Gasteiger partial charge in [-0.15, -0.1) is 0 Å². The summed E-state index contributed by atoms with van der Waals surface area (Å²) in [5.41, 5.74) is 1.51. The van der Waals surface area contributed by atoms with E-state index >= 15 is 0 Å². The van der Waals surface area contributed by atoms with E-state index in [1.165, 1.54) is 0 Å². The Labute approximate surface area is 125 Å². The van der Waals surface area contributed by atoms with Crippen LogP contribution in [-0.2, 0) is 4.79 Å². The molecule has 0 aliphatic carbocycles. The van der Waals surface area contributed by atoms with Crippen LogP contribution in [0.4, 0.5) is 11.4 Å². The van der Waals surface area contributed by atoms with Crippen LogP contribution in [0.15, 0.2) is 47.1 Å². The molecule has 2 rings (SSSR count). The molecule has 1 aromatic heterocycles. The number of carbonyl (C=O) groups excluding carboxylic acids is 1. The number of hydrogen-bond donors (Lipinski definition) is 2. The third kappa shape index (κ3) is 4.24. The van der Waals surface area contributed by atoms with Crippen LogP contribution in [0.25, 0.3) is 0 Å². The standard InChI is InChI=1S/C14H14BrN3O2/c1-20-14-6-5-12(8-17-14)16-9-13(19)18-11-4-2-3-10(15)7-11/h2-8,16H,9H2,1H3,(H,18,19). The van der Waals surface area contributed by atoms with E-state index in [2.05, 4.69) is 31.5 Å². The second-order valence-corrected chi connectivity index (χ2v) is 4.92. The molecule has 2 aromatic rings. The van der Waals surface area contributed by atoms with Gasteiger partial charge in [-0.1, -0.05) is 22.0 Å². The number of carbonyl (C=O) groups is 1. The fraction of sp³-hybridized carbons (Fsp3) is 0.143. The van der Waals surface area contributed by atoms with E-state index in [9.17, 15) is 4.79 Å². The van der Waals surface area contributed by atoms with Crippen molar-refractivity contribution >= 4 is 33.2 Å². The first kappa shape index (κ1) is 14.3. The van der Waals surface area contributed by atoms with Gasteiger partial charge in [-0.05, 0) is 24.3 Å². The predicted molar refractivity (Wildman–Crippen MR) is 82.1 cm³/mol. The van der Waals surface area contributed by atoms with Crippen molar-refractivity contribution in [3.05, 3.63) is 47.1 Å².